The third kappa shape index (κ3) is 14.6. The number of alkyl carbamates (subject to hydrolysis) is 1. The van der Waals surface area contributed by atoms with Crippen molar-refractivity contribution in [3.05, 3.63) is 126 Å². The van der Waals surface area contributed by atoms with Crippen LogP contribution in [0.1, 0.15) is 37.0 Å². The molecule has 2 aliphatic rings. The van der Waals surface area contributed by atoms with Crippen LogP contribution in [0.5, 0.6) is 11.5 Å². The molecule has 15 nitrogen and oxygen atoms in total. The summed E-state index contributed by atoms with van der Waals surface area (Å²) in [5.74, 6) is 0.715. The van der Waals surface area contributed by atoms with Crippen LogP contribution >= 0.6 is 7.60 Å². The first-order chi connectivity index (χ1) is 30.3. The highest BCUT2D eigenvalue weighted by Crippen LogP contribution is 2.50. The third-order valence-electron chi connectivity index (χ3n) is 10.5. The lowest BCUT2D eigenvalue weighted by Crippen LogP contribution is -2.51. The minimum absolute atomic E-state index is 0.0346. The monoisotopic (exact) mass is 909 g/mol. The molecule has 0 spiro atoms. The Morgan fingerprint density at radius 2 is 1.43 bits per heavy atom. The predicted octanol–water partition coefficient (Wildman–Crippen LogP) is 6.70. The molecule has 17 heteroatoms. The Morgan fingerprint density at radius 1 is 0.825 bits per heavy atom. The molecule has 0 aliphatic carbocycles. The van der Waals surface area contributed by atoms with Crippen molar-refractivity contribution in [3.63, 3.8) is 0 Å². The number of nitrogens with zero attached hydrogens (tertiary/aromatic N) is 2. The van der Waals surface area contributed by atoms with Crippen molar-refractivity contribution in [1.29, 1.82) is 0 Å². The van der Waals surface area contributed by atoms with Crippen molar-refractivity contribution in [2.45, 2.75) is 69.3 Å². The molecular formula is C46H60N3O12PS. The van der Waals surface area contributed by atoms with Gasteiger partial charge in [-0.1, -0.05) is 86.6 Å². The summed E-state index contributed by atoms with van der Waals surface area (Å²) in [6, 6.07) is 30.7. The van der Waals surface area contributed by atoms with Gasteiger partial charge < -0.3 is 48.1 Å². The lowest BCUT2D eigenvalue weighted by Gasteiger charge is -2.31. The van der Waals surface area contributed by atoms with Crippen molar-refractivity contribution in [3.8, 4) is 11.5 Å². The van der Waals surface area contributed by atoms with Crippen LogP contribution in [0.3, 0.4) is 0 Å². The average molecular weight is 910 g/mol. The topological polar surface area (TPSA) is 172 Å². The molecule has 2 heterocycles. The van der Waals surface area contributed by atoms with Crippen LogP contribution in [0, 0.1) is 11.8 Å². The van der Waals surface area contributed by atoms with E-state index in [0.717, 1.165) is 23.2 Å². The van der Waals surface area contributed by atoms with Crippen molar-refractivity contribution < 1.29 is 55.6 Å². The maximum atomic E-state index is 14.3. The Bertz CT molecular complexity index is 2120. The van der Waals surface area contributed by atoms with Crippen LogP contribution in [0.25, 0.3) is 0 Å². The molecule has 63 heavy (non-hydrogen) atoms. The summed E-state index contributed by atoms with van der Waals surface area (Å²) in [4.78, 5) is 15.4. The van der Waals surface area contributed by atoms with E-state index in [4.69, 9.17) is 32.7 Å². The molecule has 4 aromatic carbocycles. The van der Waals surface area contributed by atoms with Gasteiger partial charge in [0.25, 0.3) is 0 Å². The predicted molar refractivity (Wildman–Crippen MR) is 237 cm³/mol. The largest absolute Gasteiger partial charge is 0.492 e. The van der Waals surface area contributed by atoms with E-state index in [-0.39, 0.29) is 61.8 Å². The molecule has 4 aromatic rings. The number of likely N-dealkylation sites (N-methyl/N-ethyl adjacent to an activating group) is 1. The van der Waals surface area contributed by atoms with E-state index in [1.165, 1.54) is 28.6 Å². The number of nitrogens with one attached hydrogen (secondary N) is 1. The molecule has 0 aromatic heterocycles. The number of fused-ring (bicyclic) bond motifs is 1. The molecule has 0 bridgehead atoms. The second-order valence-corrected chi connectivity index (χ2v) is 20.3. The molecule has 342 valence electrons. The fourth-order valence-corrected chi connectivity index (χ4v) is 9.95. The zero-order valence-corrected chi connectivity index (χ0v) is 38.0. The zero-order valence-electron chi connectivity index (χ0n) is 36.3. The smallest absolute Gasteiger partial charge is 0.407 e. The van der Waals surface area contributed by atoms with Gasteiger partial charge in [-0.3, -0.25) is 4.57 Å². The Kier molecular flexibility index (Phi) is 17.6. The quantitative estimate of drug-likeness (QED) is 0.0713. The van der Waals surface area contributed by atoms with Gasteiger partial charge in [-0.25, -0.2) is 13.2 Å². The second kappa shape index (κ2) is 23.0. The first kappa shape index (κ1) is 48.1. The molecule has 0 saturated carbocycles. The zero-order chi connectivity index (χ0) is 44.8. The molecule has 6 rings (SSSR count). The number of ether oxygens (including phenoxy) is 5. The Hall–Kier alpha value is -4.35. The number of rotatable bonds is 24. The standard InChI is InChI=1S/C46H60N3O12PS/c1-34(2)28-49(29-43(50)42(27-35-15-17-38(18-16-35)55-26-24-48(3)4)47-46(51)61-44-32-57-45-41(44)23-25-56-45)63(53,54)40-21-19-39(20-22-40)58-33-62(52,59-30-36-11-7-5-8-12-36)60-31-37-13-9-6-10-14-37/h5-22,34,41-45,50H,23-33H2,1-4H3,(H,47,51)/t41-,42-,43+,44-,45+/m0/s1. The molecule has 1 amide bonds. The van der Waals surface area contributed by atoms with Crippen LogP contribution in [0.2, 0.25) is 0 Å². The number of amides is 1. The summed E-state index contributed by atoms with van der Waals surface area (Å²) >= 11 is 0. The van der Waals surface area contributed by atoms with Crippen LogP contribution in [-0.2, 0) is 57.5 Å². The SMILES string of the molecule is CC(C)CN(C[C@@H](O)[C@H](Cc1ccc(OCCN(C)C)cc1)NC(=O)O[C@H]1CO[C@H]2OCC[C@H]21)S(=O)(=O)c1ccc(OCP(=O)(OCc2ccccc2)OCc2ccccc2)cc1. The molecular weight excluding hydrogens is 850 g/mol. The average Bonchev–Trinajstić information content (AvgIpc) is 3.90. The maximum absolute atomic E-state index is 14.3. The number of carbonyl (C=O) groups excluding carboxylic acids is 1. The number of hydrogen-bond donors (Lipinski definition) is 2. The van der Waals surface area contributed by atoms with E-state index < -0.39 is 54.6 Å². The highest BCUT2D eigenvalue weighted by Gasteiger charge is 2.44. The lowest BCUT2D eigenvalue weighted by molar-refractivity contribution is -0.0907. The van der Waals surface area contributed by atoms with Crippen LogP contribution in [0.4, 0.5) is 4.79 Å². The van der Waals surface area contributed by atoms with Crippen molar-refractivity contribution in [2.24, 2.45) is 11.8 Å². The number of sulfonamides is 1. The van der Waals surface area contributed by atoms with E-state index in [2.05, 4.69) is 5.32 Å². The van der Waals surface area contributed by atoms with Crippen LogP contribution in [0.15, 0.2) is 114 Å². The fraction of sp³-hybridized carbons (Fsp3) is 0.457. The Morgan fingerprint density at radius 3 is 2.03 bits per heavy atom. The van der Waals surface area contributed by atoms with Crippen LogP contribution in [-0.4, -0.2) is 113 Å². The number of hydrogen-bond acceptors (Lipinski definition) is 13. The second-order valence-electron chi connectivity index (χ2n) is 16.4. The minimum atomic E-state index is -4.19. The van der Waals surface area contributed by atoms with E-state index in [0.29, 0.717) is 25.4 Å². The minimum Gasteiger partial charge on any atom is -0.492 e. The number of carbonyl (C=O) groups is 1. The van der Waals surface area contributed by atoms with Gasteiger partial charge in [0.15, 0.2) is 12.6 Å². The first-order valence-electron chi connectivity index (χ1n) is 21.2. The molecule has 0 unspecified atom stereocenters. The van der Waals surface area contributed by atoms with Crippen molar-refractivity contribution in [2.75, 3.05) is 59.9 Å². The molecule has 0 radical (unpaired) electrons. The fourth-order valence-electron chi connectivity index (χ4n) is 7.11. The first-order valence-corrected chi connectivity index (χ1v) is 24.4. The summed E-state index contributed by atoms with van der Waals surface area (Å²) in [7, 11) is -4.08. The molecule has 2 N–H and O–H groups in total. The molecule has 2 saturated heterocycles. The Balaban J connectivity index is 1.14. The number of aliphatic hydroxyl groups excluding tert-OH is 1. The van der Waals surface area contributed by atoms with E-state index in [9.17, 15) is 22.9 Å². The summed E-state index contributed by atoms with van der Waals surface area (Å²) in [6.45, 7) is 5.53. The summed E-state index contributed by atoms with van der Waals surface area (Å²) in [5.41, 5.74) is 2.39. The summed E-state index contributed by atoms with van der Waals surface area (Å²) in [5, 5.41) is 14.7. The van der Waals surface area contributed by atoms with Crippen LogP contribution < -0.4 is 14.8 Å². The van der Waals surface area contributed by atoms with Gasteiger partial charge in [-0.05, 0) is 85.9 Å². The van der Waals surface area contributed by atoms with Crippen molar-refractivity contribution in [1.82, 2.24) is 14.5 Å². The van der Waals surface area contributed by atoms with E-state index in [1.807, 2.05) is 118 Å². The Labute approximate surface area is 371 Å². The molecule has 5 atom stereocenters. The molecule has 2 fully saturated rings. The van der Waals surface area contributed by atoms with E-state index in [1.54, 1.807) is 0 Å². The van der Waals surface area contributed by atoms with Crippen molar-refractivity contribution >= 4 is 23.7 Å². The van der Waals surface area contributed by atoms with Gasteiger partial charge in [0.05, 0.1) is 49.4 Å². The van der Waals surface area contributed by atoms with Gasteiger partial charge in [0.1, 0.15) is 24.2 Å². The van der Waals surface area contributed by atoms with Gasteiger partial charge in [-0.15, -0.1) is 0 Å². The number of benzene rings is 4. The highest BCUT2D eigenvalue weighted by atomic mass is 32.2. The number of aliphatic hydroxyl groups is 1. The van der Waals surface area contributed by atoms with Gasteiger partial charge >= 0.3 is 13.7 Å². The van der Waals surface area contributed by atoms with E-state index >= 15 is 0 Å². The third-order valence-corrected chi connectivity index (χ3v) is 13.9. The normalized spacial score (nSPS) is 18.6. The van der Waals surface area contributed by atoms with Gasteiger partial charge in [-0.2, -0.15) is 4.31 Å². The maximum Gasteiger partial charge on any atom is 0.407 e. The van der Waals surface area contributed by atoms with Gasteiger partial charge in [0, 0.05) is 19.6 Å². The molecule has 2 aliphatic heterocycles. The summed E-state index contributed by atoms with van der Waals surface area (Å²) in [6.07, 6.45) is -2.60. The highest BCUT2D eigenvalue weighted by molar-refractivity contribution is 7.89. The lowest BCUT2D eigenvalue weighted by atomic mass is 10.0. The summed E-state index contributed by atoms with van der Waals surface area (Å²) < 4.78 is 84.2. The van der Waals surface area contributed by atoms with Gasteiger partial charge in [0.2, 0.25) is 10.0 Å².